The SMILES string of the molecule is CNC(CCC(C)(C)OC)Cc1ccccc1. The van der Waals surface area contributed by atoms with Gasteiger partial charge in [0.1, 0.15) is 0 Å². The van der Waals surface area contributed by atoms with Gasteiger partial charge in [0.2, 0.25) is 0 Å². The zero-order valence-electron chi connectivity index (χ0n) is 11.5. The monoisotopic (exact) mass is 235 g/mol. The van der Waals surface area contributed by atoms with Crippen molar-refractivity contribution in [2.45, 2.75) is 44.8 Å². The lowest BCUT2D eigenvalue weighted by atomic mass is 9.95. The average molecular weight is 235 g/mol. The van der Waals surface area contributed by atoms with E-state index in [9.17, 15) is 0 Å². The van der Waals surface area contributed by atoms with Gasteiger partial charge in [-0.3, -0.25) is 0 Å². The highest BCUT2D eigenvalue weighted by Crippen LogP contribution is 2.18. The van der Waals surface area contributed by atoms with Crippen molar-refractivity contribution in [1.29, 1.82) is 0 Å². The first kappa shape index (κ1) is 14.2. The van der Waals surface area contributed by atoms with Gasteiger partial charge in [0.15, 0.2) is 0 Å². The number of hydrogen-bond donors (Lipinski definition) is 1. The Morgan fingerprint density at radius 3 is 2.41 bits per heavy atom. The molecule has 0 fully saturated rings. The summed E-state index contributed by atoms with van der Waals surface area (Å²) in [5.74, 6) is 0. The number of rotatable bonds is 7. The Bertz CT molecular complexity index is 308. The van der Waals surface area contributed by atoms with Gasteiger partial charge >= 0.3 is 0 Å². The normalized spacial score (nSPS) is 13.6. The molecule has 0 radical (unpaired) electrons. The molecule has 0 saturated heterocycles. The topological polar surface area (TPSA) is 21.3 Å². The molecule has 1 atom stereocenters. The van der Waals surface area contributed by atoms with E-state index < -0.39 is 0 Å². The van der Waals surface area contributed by atoms with E-state index in [1.54, 1.807) is 7.11 Å². The summed E-state index contributed by atoms with van der Waals surface area (Å²) in [4.78, 5) is 0. The summed E-state index contributed by atoms with van der Waals surface area (Å²) in [6.45, 7) is 4.28. The van der Waals surface area contributed by atoms with Gasteiger partial charge < -0.3 is 10.1 Å². The molecule has 0 aromatic heterocycles. The summed E-state index contributed by atoms with van der Waals surface area (Å²) in [5.41, 5.74) is 1.37. The second-order valence-electron chi connectivity index (χ2n) is 5.18. The first-order valence-electron chi connectivity index (χ1n) is 6.34. The minimum atomic E-state index is -0.0220. The van der Waals surface area contributed by atoms with Gasteiger partial charge in [-0.15, -0.1) is 0 Å². The standard InChI is InChI=1S/C15H25NO/c1-15(2,17-4)11-10-14(16-3)12-13-8-6-5-7-9-13/h5-9,14,16H,10-12H2,1-4H3. The van der Waals surface area contributed by atoms with Gasteiger partial charge in [0.25, 0.3) is 0 Å². The van der Waals surface area contributed by atoms with Gasteiger partial charge in [0, 0.05) is 13.2 Å². The third-order valence-electron chi connectivity index (χ3n) is 3.38. The summed E-state index contributed by atoms with van der Waals surface area (Å²) in [5, 5.41) is 3.39. The Kier molecular flexibility index (Phi) is 5.66. The molecule has 1 N–H and O–H groups in total. The number of likely N-dealkylation sites (N-methyl/N-ethyl adjacent to an activating group) is 1. The number of hydrogen-bond acceptors (Lipinski definition) is 2. The fourth-order valence-electron chi connectivity index (χ4n) is 1.87. The van der Waals surface area contributed by atoms with Crippen LogP contribution < -0.4 is 5.32 Å². The lowest BCUT2D eigenvalue weighted by Gasteiger charge is -2.25. The van der Waals surface area contributed by atoms with E-state index in [4.69, 9.17) is 4.74 Å². The molecular weight excluding hydrogens is 210 g/mol. The number of benzene rings is 1. The molecule has 96 valence electrons. The van der Waals surface area contributed by atoms with Crippen LogP contribution in [-0.2, 0) is 11.2 Å². The van der Waals surface area contributed by atoms with Gasteiger partial charge in [-0.1, -0.05) is 30.3 Å². The van der Waals surface area contributed by atoms with E-state index in [-0.39, 0.29) is 5.60 Å². The highest BCUT2D eigenvalue weighted by molar-refractivity contribution is 5.15. The molecule has 1 aromatic carbocycles. The summed E-state index contributed by atoms with van der Waals surface area (Å²) < 4.78 is 5.45. The molecule has 0 bridgehead atoms. The highest BCUT2D eigenvalue weighted by Gasteiger charge is 2.18. The quantitative estimate of drug-likeness (QED) is 0.784. The lowest BCUT2D eigenvalue weighted by molar-refractivity contribution is 0.0119. The largest absolute Gasteiger partial charge is 0.379 e. The van der Waals surface area contributed by atoms with Crippen LogP contribution in [0.25, 0.3) is 0 Å². The van der Waals surface area contributed by atoms with Crippen LogP contribution in [0.1, 0.15) is 32.3 Å². The molecule has 17 heavy (non-hydrogen) atoms. The molecule has 1 unspecified atom stereocenters. The number of ether oxygens (including phenoxy) is 1. The maximum Gasteiger partial charge on any atom is 0.0623 e. The van der Waals surface area contributed by atoms with Crippen LogP contribution in [0.5, 0.6) is 0 Å². The fourth-order valence-corrected chi connectivity index (χ4v) is 1.87. The van der Waals surface area contributed by atoms with Crippen LogP contribution >= 0.6 is 0 Å². The minimum absolute atomic E-state index is 0.0220. The number of nitrogens with one attached hydrogen (secondary N) is 1. The molecule has 0 spiro atoms. The van der Waals surface area contributed by atoms with Crippen molar-refractivity contribution in [3.8, 4) is 0 Å². The van der Waals surface area contributed by atoms with E-state index in [0.29, 0.717) is 6.04 Å². The summed E-state index contributed by atoms with van der Waals surface area (Å²) in [7, 11) is 3.82. The van der Waals surface area contributed by atoms with Crippen LogP contribution in [0, 0.1) is 0 Å². The van der Waals surface area contributed by atoms with Crippen LogP contribution in [0.15, 0.2) is 30.3 Å². The molecule has 2 heteroatoms. The zero-order chi connectivity index (χ0) is 12.7. The molecule has 0 saturated carbocycles. The molecular formula is C15H25NO. The minimum Gasteiger partial charge on any atom is -0.379 e. The van der Waals surface area contributed by atoms with Crippen LogP contribution in [0.4, 0.5) is 0 Å². The van der Waals surface area contributed by atoms with E-state index in [2.05, 4.69) is 49.5 Å². The third-order valence-corrected chi connectivity index (χ3v) is 3.38. The molecule has 1 aromatic rings. The maximum absolute atomic E-state index is 5.45. The van der Waals surface area contributed by atoms with Crippen molar-refractivity contribution in [1.82, 2.24) is 5.32 Å². The number of methoxy groups -OCH3 is 1. The predicted octanol–water partition coefficient (Wildman–Crippen LogP) is 3.02. The Balaban J connectivity index is 2.44. The first-order valence-corrected chi connectivity index (χ1v) is 6.34. The van der Waals surface area contributed by atoms with Crippen molar-refractivity contribution < 1.29 is 4.74 Å². The van der Waals surface area contributed by atoms with Crippen molar-refractivity contribution in [2.75, 3.05) is 14.2 Å². The molecule has 0 amide bonds. The Morgan fingerprint density at radius 1 is 1.24 bits per heavy atom. The van der Waals surface area contributed by atoms with Gasteiger partial charge in [0.05, 0.1) is 5.60 Å². The summed E-state index contributed by atoms with van der Waals surface area (Å²) >= 11 is 0. The first-order chi connectivity index (χ1) is 8.07. The van der Waals surface area contributed by atoms with E-state index in [1.807, 2.05) is 7.05 Å². The van der Waals surface area contributed by atoms with E-state index in [1.165, 1.54) is 5.56 Å². The van der Waals surface area contributed by atoms with Crippen molar-refractivity contribution in [3.63, 3.8) is 0 Å². The maximum atomic E-state index is 5.45. The zero-order valence-corrected chi connectivity index (χ0v) is 11.5. The van der Waals surface area contributed by atoms with Crippen molar-refractivity contribution >= 4 is 0 Å². The molecule has 0 aliphatic rings. The van der Waals surface area contributed by atoms with Gasteiger partial charge in [-0.2, -0.15) is 0 Å². The summed E-state index contributed by atoms with van der Waals surface area (Å²) in [6.07, 6.45) is 3.28. The predicted molar refractivity (Wildman–Crippen MR) is 73.3 cm³/mol. The van der Waals surface area contributed by atoms with Crippen molar-refractivity contribution in [2.24, 2.45) is 0 Å². The van der Waals surface area contributed by atoms with Crippen LogP contribution in [0.3, 0.4) is 0 Å². The van der Waals surface area contributed by atoms with Crippen LogP contribution in [0.2, 0.25) is 0 Å². The molecule has 0 aliphatic carbocycles. The van der Waals surface area contributed by atoms with Gasteiger partial charge in [-0.25, -0.2) is 0 Å². The summed E-state index contributed by atoms with van der Waals surface area (Å²) in [6, 6.07) is 11.2. The fraction of sp³-hybridized carbons (Fsp3) is 0.600. The molecule has 1 rings (SSSR count). The highest BCUT2D eigenvalue weighted by atomic mass is 16.5. The van der Waals surface area contributed by atoms with E-state index >= 15 is 0 Å². The van der Waals surface area contributed by atoms with Crippen LogP contribution in [-0.4, -0.2) is 25.8 Å². The third kappa shape index (κ3) is 5.33. The van der Waals surface area contributed by atoms with Gasteiger partial charge in [-0.05, 0) is 45.7 Å². The second-order valence-corrected chi connectivity index (χ2v) is 5.18. The average Bonchev–Trinajstić information content (AvgIpc) is 2.35. The van der Waals surface area contributed by atoms with Crippen molar-refractivity contribution in [3.05, 3.63) is 35.9 Å². The second kappa shape index (κ2) is 6.77. The Labute approximate surface area is 105 Å². The van der Waals surface area contributed by atoms with E-state index in [0.717, 1.165) is 19.3 Å². The Hall–Kier alpha value is -0.860. The Morgan fingerprint density at radius 2 is 1.88 bits per heavy atom. The molecule has 0 aliphatic heterocycles. The molecule has 2 nitrogen and oxygen atoms in total. The lowest BCUT2D eigenvalue weighted by Crippen LogP contribution is -2.31. The molecule has 0 heterocycles. The smallest absolute Gasteiger partial charge is 0.0623 e.